The van der Waals surface area contributed by atoms with Crippen LogP contribution in [0.2, 0.25) is 0 Å². The maximum Gasteiger partial charge on any atom is 0.225 e. The molecule has 0 aliphatic heterocycles. The zero-order chi connectivity index (χ0) is 19.2. The van der Waals surface area contributed by atoms with Crippen molar-refractivity contribution in [2.45, 2.75) is 13.0 Å². The Balaban J connectivity index is 1.52. The summed E-state index contributed by atoms with van der Waals surface area (Å²) in [5.74, 6) is -1.62. The SMILES string of the molecule is CN(CCC(=O)Nc1cc(F)ccc1F)Cc1cccc(-n2cccn2)c1. The van der Waals surface area contributed by atoms with Gasteiger partial charge in [0.2, 0.25) is 5.91 Å². The average molecular weight is 370 g/mol. The van der Waals surface area contributed by atoms with Crippen molar-refractivity contribution in [1.82, 2.24) is 14.7 Å². The van der Waals surface area contributed by atoms with Crippen LogP contribution >= 0.6 is 0 Å². The smallest absolute Gasteiger partial charge is 0.225 e. The zero-order valence-electron chi connectivity index (χ0n) is 14.9. The number of aromatic nitrogens is 2. The second kappa shape index (κ2) is 8.55. The third-order valence-corrected chi connectivity index (χ3v) is 4.06. The Morgan fingerprint density at radius 1 is 1.19 bits per heavy atom. The van der Waals surface area contributed by atoms with Crippen LogP contribution in [0.5, 0.6) is 0 Å². The van der Waals surface area contributed by atoms with Gasteiger partial charge in [0.1, 0.15) is 11.6 Å². The predicted octanol–water partition coefficient (Wildman–Crippen LogP) is 3.61. The molecule has 3 aromatic rings. The summed E-state index contributed by atoms with van der Waals surface area (Å²) in [4.78, 5) is 14.0. The van der Waals surface area contributed by atoms with E-state index >= 15 is 0 Å². The van der Waals surface area contributed by atoms with Crippen LogP contribution in [0.15, 0.2) is 60.9 Å². The van der Waals surface area contributed by atoms with E-state index in [1.807, 2.05) is 48.5 Å². The summed E-state index contributed by atoms with van der Waals surface area (Å²) in [6, 6.07) is 12.8. The van der Waals surface area contributed by atoms with Gasteiger partial charge >= 0.3 is 0 Å². The van der Waals surface area contributed by atoms with Crippen LogP contribution in [0.1, 0.15) is 12.0 Å². The molecule has 0 saturated heterocycles. The first-order chi connectivity index (χ1) is 13.0. The molecule has 27 heavy (non-hydrogen) atoms. The standard InChI is InChI=1S/C20H20F2N4O/c1-25(11-8-20(27)24-19-13-16(21)6-7-18(19)22)14-15-4-2-5-17(12-15)26-10-3-9-23-26/h2-7,9-10,12-13H,8,11,14H2,1H3,(H,24,27). The highest BCUT2D eigenvalue weighted by atomic mass is 19.1. The average Bonchev–Trinajstić information content (AvgIpc) is 3.18. The number of nitrogens with one attached hydrogen (secondary N) is 1. The van der Waals surface area contributed by atoms with Gasteiger partial charge < -0.3 is 10.2 Å². The Kier molecular flexibility index (Phi) is 5.93. The Morgan fingerprint density at radius 2 is 2.04 bits per heavy atom. The molecule has 1 heterocycles. The number of halogens is 2. The van der Waals surface area contributed by atoms with Crippen molar-refractivity contribution in [1.29, 1.82) is 0 Å². The Hall–Kier alpha value is -3.06. The molecule has 0 spiro atoms. The fraction of sp³-hybridized carbons (Fsp3) is 0.200. The van der Waals surface area contributed by atoms with E-state index in [0.717, 1.165) is 29.4 Å². The van der Waals surface area contributed by atoms with Gasteiger partial charge in [0.25, 0.3) is 0 Å². The highest BCUT2D eigenvalue weighted by molar-refractivity contribution is 5.90. The van der Waals surface area contributed by atoms with Crippen molar-refractivity contribution in [3.8, 4) is 5.69 Å². The molecule has 0 fully saturated rings. The molecule has 140 valence electrons. The van der Waals surface area contributed by atoms with Crippen LogP contribution in [0.3, 0.4) is 0 Å². The third kappa shape index (κ3) is 5.21. The molecule has 5 nitrogen and oxygen atoms in total. The number of hydrogen-bond donors (Lipinski definition) is 1. The lowest BCUT2D eigenvalue weighted by molar-refractivity contribution is -0.116. The number of carbonyl (C=O) groups is 1. The van der Waals surface area contributed by atoms with Crippen LogP contribution in [-0.4, -0.2) is 34.2 Å². The molecule has 0 saturated carbocycles. The van der Waals surface area contributed by atoms with E-state index in [0.29, 0.717) is 13.1 Å². The van der Waals surface area contributed by atoms with Gasteiger partial charge in [0, 0.05) is 38.0 Å². The van der Waals surface area contributed by atoms with Crippen molar-refractivity contribution >= 4 is 11.6 Å². The summed E-state index contributed by atoms with van der Waals surface area (Å²) in [7, 11) is 1.90. The maximum atomic E-state index is 13.6. The first-order valence-electron chi connectivity index (χ1n) is 8.53. The van der Waals surface area contributed by atoms with Crippen molar-refractivity contribution in [3.63, 3.8) is 0 Å². The molecule has 0 unspecified atom stereocenters. The van der Waals surface area contributed by atoms with Gasteiger partial charge in [-0.15, -0.1) is 0 Å². The molecule has 0 atom stereocenters. The molecule has 3 rings (SSSR count). The Morgan fingerprint density at radius 3 is 2.81 bits per heavy atom. The molecule has 7 heteroatoms. The number of hydrogen-bond acceptors (Lipinski definition) is 3. The summed E-state index contributed by atoms with van der Waals surface area (Å²) in [6.07, 6.45) is 3.77. The second-order valence-corrected chi connectivity index (χ2v) is 6.28. The molecule has 2 aromatic carbocycles. The fourth-order valence-electron chi connectivity index (χ4n) is 2.71. The van der Waals surface area contributed by atoms with Crippen molar-refractivity contribution in [2.75, 3.05) is 18.9 Å². The number of benzene rings is 2. The summed E-state index contributed by atoms with van der Waals surface area (Å²) in [5.41, 5.74) is 1.90. The number of amides is 1. The van der Waals surface area contributed by atoms with Crippen molar-refractivity contribution in [2.24, 2.45) is 0 Å². The Bertz CT molecular complexity index is 912. The molecular formula is C20H20F2N4O. The summed E-state index contributed by atoms with van der Waals surface area (Å²) >= 11 is 0. The third-order valence-electron chi connectivity index (χ3n) is 4.06. The lowest BCUT2D eigenvalue weighted by Crippen LogP contribution is -2.24. The van der Waals surface area contributed by atoms with Gasteiger partial charge in [-0.1, -0.05) is 12.1 Å². The number of rotatable bonds is 7. The number of nitrogens with zero attached hydrogens (tertiary/aromatic N) is 3. The number of carbonyl (C=O) groups excluding carboxylic acids is 1. The normalized spacial score (nSPS) is 11.0. The maximum absolute atomic E-state index is 13.6. The van der Waals surface area contributed by atoms with Gasteiger partial charge in [-0.3, -0.25) is 4.79 Å². The van der Waals surface area contributed by atoms with Crippen molar-refractivity contribution < 1.29 is 13.6 Å². The van der Waals surface area contributed by atoms with Crippen LogP contribution < -0.4 is 5.32 Å². The quantitative estimate of drug-likeness (QED) is 0.691. The van der Waals surface area contributed by atoms with E-state index < -0.39 is 11.6 Å². The summed E-state index contributed by atoms with van der Waals surface area (Å²) in [6.45, 7) is 1.13. The largest absolute Gasteiger partial charge is 0.323 e. The molecular weight excluding hydrogens is 350 g/mol. The summed E-state index contributed by atoms with van der Waals surface area (Å²) < 4.78 is 28.5. The zero-order valence-corrected chi connectivity index (χ0v) is 14.9. The minimum atomic E-state index is -0.659. The summed E-state index contributed by atoms with van der Waals surface area (Å²) in [5, 5.41) is 6.62. The van der Waals surface area contributed by atoms with E-state index in [9.17, 15) is 13.6 Å². The Labute approximate surface area is 156 Å². The highest BCUT2D eigenvalue weighted by Gasteiger charge is 2.10. The van der Waals surface area contributed by atoms with E-state index in [1.165, 1.54) is 0 Å². The van der Waals surface area contributed by atoms with E-state index in [1.54, 1.807) is 10.9 Å². The molecule has 1 N–H and O–H groups in total. The fourth-order valence-corrected chi connectivity index (χ4v) is 2.71. The van der Waals surface area contributed by atoms with E-state index in [2.05, 4.69) is 10.4 Å². The first-order valence-corrected chi connectivity index (χ1v) is 8.53. The van der Waals surface area contributed by atoms with Crippen LogP contribution in [0.25, 0.3) is 5.69 Å². The van der Waals surface area contributed by atoms with Gasteiger partial charge in [-0.2, -0.15) is 5.10 Å². The lowest BCUT2D eigenvalue weighted by Gasteiger charge is -2.17. The van der Waals surface area contributed by atoms with Crippen LogP contribution in [0, 0.1) is 11.6 Å². The molecule has 0 radical (unpaired) electrons. The van der Waals surface area contributed by atoms with Gasteiger partial charge in [0.15, 0.2) is 0 Å². The van der Waals surface area contributed by atoms with Gasteiger partial charge in [-0.25, -0.2) is 13.5 Å². The van der Waals surface area contributed by atoms with Gasteiger partial charge in [-0.05, 0) is 42.9 Å². The monoisotopic (exact) mass is 370 g/mol. The number of anilines is 1. The minimum absolute atomic E-state index is 0.144. The van der Waals surface area contributed by atoms with Crippen molar-refractivity contribution in [3.05, 3.63) is 78.1 Å². The predicted molar refractivity (Wildman–Crippen MR) is 99.5 cm³/mol. The van der Waals surface area contributed by atoms with E-state index in [-0.39, 0.29) is 18.0 Å². The van der Waals surface area contributed by atoms with E-state index in [4.69, 9.17) is 0 Å². The molecule has 1 amide bonds. The van der Waals surface area contributed by atoms with Crippen LogP contribution in [-0.2, 0) is 11.3 Å². The minimum Gasteiger partial charge on any atom is -0.323 e. The highest BCUT2D eigenvalue weighted by Crippen LogP contribution is 2.16. The molecule has 0 aliphatic rings. The molecule has 1 aromatic heterocycles. The second-order valence-electron chi connectivity index (χ2n) is 6.28. The first kappa shape index (κ1) is 18.7. The molecule has 0 bridgehead atoms. The topological polar surface area (TPSA) is 50.2 Å². The lowest BCUT2D eigenvalue weighted by atomic mass is 10.2. The molecule has 0 aliphatic carbocycles. The van der Waals surface area contributed by atoms with Gasteiger partial charge in [0.05, 0.1) is 11.4 Å². The van der Waals surface area contributed by atoms with Crippen LogP contribution in [0.4, 0.5) is 14.5 Å².